The largest absolute Gasteiger partial charge is 0.494 e. The Morgan fingerprint density at radius 3 is 2.59 bits per heavy atom. The molecule has 1 amide bonds. The first kappa shape index (κ1) is 21.0. The number of rotatable bonds is 10. The Bertz CT molecular complexity index is 1020. The normalized spacial score (nSPS) is 11.2. The summed E-state index contributed by atoms with van der Waals surface area (Å²) in [5.41, 5.74) is 0.299. The maximum Gasteiger partial charge on any atom is 0.251 e. The van der Waals surface area contributed by atoms with Crippen molar-refractivity contribution in [2.45, 2.75) is 17.9 Å². The summed E-state index contributed by atoms with van der Waals surface area (Å²) < 4.78 is 33.1. The van der Waals surface area contributed by atoms with E-state index in [4.69, 9.17) is 4.74 Å². The number of thiophene rings is 1. The van der Waals surface area contributed by atoms with Crippen molar-refractivity contribution in [1.82, 2.24) is 10.0 Å². The number of amides is 1. The smallest absolute Gasteiger partial charge is 0.251 e. The average Bonchev–Trinajstić information content (AvgIpc) is 3.27. The minimum Gasteiger partial charge on any atom is -0.494 e. The number of carbonyl (C=O) groups excluding carboxylic acids is 1. The van der Waals surface area contributed by atoms with Crippen LogP contribution in [-0.2, 0) is 16.6 Å². The highest BCUT2D eigenvalue weighted by molar-refractivity contribution is 7.89. The number of nitrogens with one attached hydrogen (secondary N) is 2. The minimum atomic E-state index is -3.70. The molecule has 0 bridgehead atoms. The van der Waals surface area contributed by atoms with Gasteiger partial charge in [0.05, 0.1) is 11.5 Å². The standard InChI is InChI=1S/C21H22N2O4S2/c24-21(22-12-6-13-27-18-8-2-1-3-9-18)17-7-4-11-20(15-17)29(25,26)23-16-19-10-5-14-28-19/h1-5,7-11,14-15,23H,6,12-13,16H2,(H,22,24). The summed E-state index contributed by atoms with van der Waals surface area (Å²) in [5.74, 6) is 0.465. The molecule has 152 valence electrons. The van der Waals surface area contributed by atoms with Gasteiger partial charge in [-0.15, -0.1) is 11.3 Å². The van der Waals surface area contributed by atoms with E-state index in [0.717, 1.165) is 10.6 Å². The highest BCUT2D eigenvalue weighted by Crippen LogP contribution is 2.14. The van der Waals surface area contributed by atoms with Crippen LogP contribution < -0.4 is 14.8 Å². The topological polar surface area (TPSA) is 84.5 Å². The number of carbonyl (C=O) groups is 1. The average molecular weight is 431 g/mol. The number of hydrogen-bond acceptors (Lipinski definition) is 5. The van der Waals surface area contributed by atoms with Gasteiger partial charge in [-0.1, -0.05) is 30.3 Å². The highest BCUT2D eigenvalue weighted by Gasteiger charge is 2.16. The summed E-state index contributed by atoms with van der Waals surface area (Å²) in [7, 11) is -3.70. The Labute approximate surface area is 174 Å². The van der Waals surface area contributed by atoms with E-state index in [1.165, 1.54) is 23.5 Å². The molecule has 1 aromatic heterocycles. The molecule has 0 aliphatic carbocycles. The van der Waals surface area contributed by atoms with Crippen LogP contribution in [-0.4, -0.2) is 27.5 Å². The molecule has 0 saturated heterocycles. The molecule has 0 radical (unpaired) electrons. The Morgan fingerprint density at radius 1 is 1.00 bits per heavy atom. The molecule has 0 unspecified atom stereocenters. The fraction of sp³-hybridized carbons (Fsp3) is 0.190. The molecule has 29 heavy (non-hydrogen) atoms. The third-order valence-electron chi connectivity index (χ3n) is 4.04. The molecule has 0 atom stereocenters. The molecule has 2 N–H and O–H groups in total. The molecule has 0 aliphatic heterocycles. The molecule has 0 saturated carbocycles. The lowest BCUT2D eigenvalue weighted by Gasteiger charge is -2.09. The van der Waals surface area contributed by atoms with Crippen LogP contribution in [0.2, 0.25) is 0 Å². The first-order valence-electron chi connectivity index (χ1n) is 9.13. The van der Waals surface area contributed by atoms with Crippen LogP contribution in [0, 0.1) is 0 Å². The van der Waals surface area contributed by atoms with Crippen molar-refractivity contribution in [2.75, 3.05) is 13.2 Å². The molecule has 0 fully saturated rings. The Balaban J connectivity index is 1.49. The van der Waals surface area contributed by atoms with Gasteiger partial charge in [-0.05, 0) is 48.2 Å². The predicted octanol–water partition coefficient (Wildman–Crippen LogP) is 3.43. The zero-order valence-electron chi connectivity index (χ0n) is 15.7. The van der Waals surface area contributed by atoms with E-state index in [1.54, 1.807) is 12.1 Å². The van der Waals surface area contributed by atoms with Crippen LogP contribution in [0.1, 0.15) is 21.7 Å². The molecule has 8 heteroatoms. The van der Waals surface area contributed by atoms with Gasteiger partial charge in [-0.3, -0.25) is 4.79 Å². The van der Waals surface area contributed by atoms with Crippen LogP contribution in [0.3, 0.4) is 0 Å². The van der Waals surface area contributed by atoms with Crippen LogP contribution >= 0.6 is 11.3 Å². The van der Waals surface area contributed by atoms with E-state index in [2.05, 4.69) is 10.0 Å². The highest BCUT2D eigenvalue weighted by atomic mass is 32.2. The SMILES string of the molecule is O=C(NCCCOc1ccccc1)c1cccc(S(=O)(=O)NCc2cccs2)c1. The number of sulfonamides is 1. The number of para-hydroxylation sites is 1. The summed E-state index contributed by atoms with van der Waals surface area (Å²) in [5, 5.41) is 4.67. The lowest BCUT2D eigenvalue weighted by atomic mass is 10.2. The van der Waals surface area contributed by atoms with E-state index < -0.39 is 10.0 Å². The van der Waals surface area contributed by atoms with Gasteiger partial charge in [0, 0.05) is 23.5 Å². The second-order valence-corrected chi connectivity index (χ2v) is 9.00. The Kier molecular flexibility index (Phi) is 7.40. The molecule has 3 rings (SSSR count). The van der Waals surface area contributed by atoms with Crippen LogP contribution in [0.4, 0.5) is 0 Å². The predicted molar refractivity (Wildman–Crippen MR) is 114 cm³/mol. The first-order valence-corrected chi connectivity index (χ1v) is 11.5. The number of benzene rings is 2. The second kappa shape index (κ2) is 10.2. The lowest BCUT2D eigenvalue weighted by molar-refractivity contribution is 0.0951. The van der Waals surface area contributed by atoms with E-state index >= 15 is 0 Å². The third-order valence-corrected chi connectivity index (χ3v) is 6.32. The van der Waals surface area contributed by atoms with Crippen molar-refractivity contribution in [1.29, 1.82) is 0 Å². The summed E-state index contributed by atoms with van der Waals surface area (Å²) in [6, 6.07) is 19.2. The number of hydrogen-bond donors (Lipinski definition) is 2. The van der Waals surface area contributed by atoms with E-state index in [9.17, 15) is 13.2 Å². The van der Waals surface area contributed by atoms with Crippen LogP contribution in [0.15, 0.2) is 77.0 Å². The van der Waals surface area contributed by atoms with E-state index in [0.29, 0.717) is 25.1 Å². The summed E-state index contributed by atoms with van der Waals surface area (Å²) >= 11 is 1.48. The molecule has 3 aromatic rings. The van der Waals surface area contributed by atoms with Gasteiger partial charge in [0.1, 0.15) is 5.75 Å². The minimum absolute atomic E-state index is 0.0640. The summed E-state index contributed by atoms with van der Waals surface area (Å²) in [6.07, 6.45) is 0.640. The zero-order valence-corrected chi connectivity index (χ0v) is 17.3. The molecule has 2 aromatic carbocycles. The summed E-state index contributed by atoms with van der Waals surface area (Å²) in [6.45, 7) is 1.13. The van der Waals surface area contributed by atoms with Crippen molar-refractivity contribution in [3.8, 4) is 5.75 Å². The van der Waals surface area contributed by atoms with Gasteiger partial charge in [-0.2, -0.15) is 0 Å². The molecule has 6 nitrogen and oxygen atoms in total. The van der Waals surface area contributed by atoms with E-state index in [1.807, 2.05) is 47.8 Å². The van der Waals surface area contributed by atoms with Crippen molar-refractivity contribution >= 4 is 27.3 Å². The van der Waals surface area contributed by atoms with Gasteiger partial charge in [0.2, 0.25) is 10.0 Å². The molecule has 0 spiro atoms. The second-order valence-electron chi connectivity index (χ2n) is 6.20. The van der Waals surface area contributed by atoms with Crippen LogP contribution in [0.5, 0.6) is 5.75 Å². The zero-order chi connectivity index (χ0) is 20.5. The Morgan fingerprint density at radius 2 is 1.83 bits per heavy atom. The van der Waals surface area contributed by atoms with Gasteiger partial charge < -0.3 is 10.1 Å². The van der Waals surface area contributed by atoms with E-state index in [-0.39, 0.29) is 17.3 Å². The molecule has 1 heterocycles. The fourth-order valence-electron chi connectivity index (χ4n) is 2.55. The lowest BCUT2D eigenvalue weighted by Crippen LogP contribution is -2.26. The summed E-state index contributed by atoms with van der Waals surface area (Å²) in [4.78, 5) is 13.3. The molecule has 0 aliphatic rings. The molecular formula is C21H22N2O4S2. The number of ether oxygens (including phenoxy) is 1. The Hall–Kier alpha value is -2.68. The van der Waals surface area contributed by atoms with Crippen molar-refractivity contribution in [3.63, 3.8) is 0 Å². The van der Waals surface area contributed by atoms with Gasteiger partial charge in [-0.25, -0.2) is 13.1 Å². The van der Waals surface area contributed by atoms with Gasteiger partial charge in [0.25, 0.3) is 5.91 Å². The fourth-order valence-corrected chi connectivity index (χ4v) is 4.34. The van der Waals surface area contributed by atoms with Crippen molar-refractivity contribution < 1.29 is 17.9 Å². The third kappa shape index (κ3) is 6.42. The monoisotopic (exact) mass is 430 g/mol. The maximum atomic E-state index is 12.5. The maximum absolute atomic E-state index is 12.5. The molecular weight excluding hydrogens is 408 g/mol. The first-order chi connectivity index (χ1) is 14.0. The van der Waals surface area contributed by atoms with Gasteiger partial charge >= 0.3 is 0 Å². The van der Waals surface area contributed by atoms with Crippen LogP contribution in [0.25, 0.3) is 0 Å². The van der Waals surface area contributed by atoms with Crippen molar-refractivity contribution in [2.24, 2.45) is 0 Å². The quantitative estimate of drug-likeness (QED) is 0.483. The van der Waals surface area contributed by atoms with Crippen molar-refractivity contribution in [3.05, 3.63) is 82.6 Å². The van der Waals surface area contributed by atoms with Gasteiger partial charge in [0.15, 0.2) is 0 Å².